The molecule has 0 aliphatic rings. The highest BCUT2D eigenvalue weighted by atomic mass is 79.9. The Morgan fingerprint density at radius 2 is 1.57 bits per heavy atom. The minimum Gasteiger partial charge on any atom is -0.494 e. The van der Waals surface area contributed by atoms with Gasteiger partial charge in [0.25, 0.3) is 10.0 Å². The van der Waals surface area contributed by atoms with Crippen LogP contribution in [0.4, 0.5) is 5.69 Å². The van der Waals surface area contributed by atoms with Crippen LogP contribution in [0.25, 0.3) is 0 Å². The number of ether oxygens (including phenoxy) is 1. The maximum absolute atomic E-state index is 14.4. The lowest BCUT2D eigenvalue weighted by atomic mass is 10.0. The standard InChI is InChI=1S/C33H33BrClN3O5S/c1-3-43-29-16-14-28(15-17-29)38(44(41,42)30-18-12-27(35)13-19-30)23-32(39)37(22-25-10-7-11-26(34)20-25)31(33(40)36-2)21-24-8-5-4-6-9-24/h4-20,31H,3,21-23H2,1-2H3,(H,36,40)/t31-/m1/s1. The third-order valence-corrected chi connectivity index (χ3v) is 9.41. The number of carbonyl (C=O) groups is 2. The topological polar surface area (TPSA) is 96.0 Å². The zero-order valence-electron chi connectivity index (χ0n) is 24.3. The molecule has 0 aromatic heterocycles. The zero-order valence-corrected chi connectivity index (χ0v) is 27.5. The van der Waals surface area contributed by atoms with Crippen molar-refractivity contribution < 1.29 is 22.7 Å². The Morgan fingerprint density at radius 1 is 0.909 bits per heavy atom. The average molecular weight is 699 g/mol. The van der Waals surface area contributed by atoms with E-state index >= 15 is 0 Å². The van der Waals surface area contributed by atoms with Crippen molar-refractivity contribution in [3.8, 4) is 5.75 Å². The van der Waals surface area contributed by atoms with E-state index in [1.165, 1.54) is 36.2 Å². The summed E-state index contributed by atoms with van der Waals surface area (Å²) in [5, 5.41) is 3.06. The van der Waals surface area contributed by atoms with E-state index in [-0.39, 0.29) is 29.5 Å². The lowest BCUT2D eigenvalue weighted by Crippen LogP contribution is -2.53. The normalized spacial score (nSPS) is 11.8. The van der Waals surface area contributed by atoms with Crippen molar-refractivity contribution in [1.29, 1.82) is 0 Å². The summed E-state index contributed by atoms with van der Waals surface area (Å²) in [6.07, 6.45) is 0.229. The van der Waals surface area contributed by atoms with Gasteiger partial charge >= 0.3 is 0 Å². The molecule has 4 aromatic rings. The Bertz CT molecular complexity index is 1670. The molecule has 0 radical (unpaired) electrons. The van der Waals surface area contributed by atoms with Gasteiger partial charge in [0, 0.05) is 29.5 Å². The SMILES string of the molecule is CCOc1ccc(N(CC(=O)N(Cc2cccc(Br)c2)[C@H](Cc2ccccc2)C(=O)NC)S(=O)(=O)c2ccc(Cl)cc2)cc1. The van der Waals surface area contributed by atoms with Crippen LogP contribution in [0.15, 0.2) is 112 Å². The number of amides is 2. The van der Waals surface area contributed by atoms with Gasteiger partial charge in [0.05, 0.1) is 17.2 Å². The maximum Gasteiger partial charge on any atom is 0.264 e. The van der Waals surface area contributed by atoms with Gasteiger partial charge in [0.2, 0.25) is 11.8 Å². The second kappa shape index (κ2) is 15.2. The summed E-state index contributed by atoms with van der Waals surface area (Å²) in [4.78, 5) is 29.1. The van der Waals surface area contributed by atoms with Gasteiger partial charge in [-0.05, 0) is 78.7 Å². The van der Waals surface area contributed by atoms with Crippen molar-refractivity contribution in [3.05, 3.63) is 124 Å². The number of sulfonamides is 1. The van der Waals surface area contributed by atoms with Gasteiger partial charge in [0.15, 0.2) is 0 Å². The smallest absolute Gasteiger partial charge is 0.264 e. The van der Waals surface area contributed by atoms with Crippen molar-refractivity contribution in [2.24, 2.45) is 0 Å². The van der Waals surface area contributed by atoms with Crippen LogP contribution >= 0.6 is 27.5 Å². The van der Waals surface area contributed by atoms with Gasteiger partial charge in [-0.2, -0.15) is 0 Å². The molecule has 8 nitrogen and oxygen atoms in total. The van der Waals surface area contributed by atoms with E-state index in [9.17, 15) is 18.0 Å². The van der Waals surface area contributed by atoms with Crippen LogP contribution in [0.1, 0.15) is 18.1 Å². The molecule has 4 aromatic carbocycles. The van der Waals surface area contributed by atoms with Gasteiger partial charge in [-0.15, -0.1) is 0 Å². The summed E-state index contributed by atoms with van der Waals surface area (Å²) < 4.78 is 35.5. The number of hydrogen-bond acceptors (Lipinski definition) is 5. The third kappa shape index (κ3) is 8.40. The van der Waals surface area contributed by atoms with Crippen LogP contribution in [0.2, 0.25) is 5.02 Å². The third-order valence-electron chi connectivity index (χ3n) is 6.88. The van der Waals surface area contributed by atoms with Crippen LogP contribution < -0.4 is 14.4 Å². The first-order chi connectivity index (χ1) is 21.1. The van der Waals surface area contributed by atoms with E-state index in [0.717, 1.165) is 19.9 Å². The molecule has 0 aliphatic carbocycles. The van der Waals surface area contributed by atoms with E-state index in [0.29, 0.717) is 17.4 Å². The molecule has 2 amide bonds. The highest BCUT2D eigenvalue weighted by Gasteiger charge is 2.34. The maximum atomic E-state index is 14.4. The lowest BCUT2D eigenvalue weighted by Gasteiger charge is -2.33. The Morgan fingerprint density at radius 3 is 2.18 bits per heavy atom. The molecule has 0 heterocycles. The fraction of sp³-hybridized carbons (Fsp3) is 0.212. The predicted molar refractivity (Wildman–Crippen MR) is 176 cm³/mol. The molecule has 44 heavy (non-hydrogen) atoms. The quantitative estimate of drug-likeness (QED) is 0.183. The summed E-state index contributed by atoms with van der Waals surface area (Å²) in [6.45, 7) is 1.80. The second-order valence-electron chi connectivity index (χ2n) is 9.86. The molecule has 0 saturated heterocycles. The highest BCUT2D eigenvalue weighted by molar-refractivity contribution is 9.10. The predicted octanol–water partition coefficient (Wildman–Crippen LogP) is 6.08. The number of nitrogens with one attached hydrogen (secondary N) is 1. The first kappa shape index (κ1) is 33.0. The summed E-state index contributed by atoms with van der Waals surface area (Å²) in [6, 6.07) is 28.1. The summed E-state index contributed by atoms with van der Waals surface area (Å²) in [7, 11) is -2.72. The number of likely N-dealkylation sites (N-methyl/N-ethyl adjacent to an activating group) is 1. The molecule has 1 N–H and O–H groups in total. The van der Waals surface area contributed by atoms with Gasteiger partial charge < -0.3 is 15.0 Å². The summed E-state index contributed by atoms with van der Waals surface area (Å²) in [5.41, 5.74) is 1.88. The molecule has 11 heteroatoms. The molecule has 0 unspecified atom stereocenters. The Balaban J connectivity index is 1.78. The second-order valence-corrected chi connectivity index (χ2v) is 13.1. The molecule has 0 bridgehead atoms. The van der Waals surface area contributed by atoms with Crippen LogP contribution in [0, 0.1) is 0 Å². The zero-order chi connectivity index (χ0) is 31.7. The fourth-order valence-corrected chi connectivity index (χ4v) is 6.68. The van der Waals surface area contributed by atoms with E-state index in [4.69, 9.17) is 16.3 Å². The Hall–Kier alpha value is -3.86. The minimum atomic E-state index is -4.24. The van der Waals surface area contributed by atoms with Crippen molar-refractivity contribution in [1.82, 2.24) is 10.2 Å². The molecular formula is C33H33BrClN3O5S. The van der Waals surface area contributed by atoms with Crippen molar-refractivity contribution in [2.45, 2.75) is 30.8 Å². The molecule has 0 aliphatic heterocycles. The van der Waals surface area contributed by atoms with Crippen LogP contribution in [0.5, 0.6) is 5.75 Å². The molecule has 0 fully saturated rings. The molecule has 4 rings (SSSR count). The van der Waals surface area contributed by atoms with Crippen LogP contribution in [-0.4, -0.2) is 51.4 Å². The molecule has 1 atom stereocenters. The van der Waals surface area contributed by atoms with E-state index in [2.05, 4.69) is 21.2 Å². The Kier molecular flexibility index (Phi) is 11.4. The first-order valence-corrected chi connectivity index (χ1v) is 16.5. The van der Waals surface area contributed by atoms with Gasteiger partial charge in [0.1, 0.15) is 18.3 Å². The Labute approximate surface area is 271 Å². The van der Waals surface area contributed by atoms with Crippen molar-refractivity contribution >= 4 is 55.1 Å². The largest absolute Gasteiger partial charge is 0.494 e. The van der Waals surface area contributed by atoms with Crippen molar-refractivity contribution in [3.63, 3.8) is 0 Å². The summed E-state index contributed by atoms with van der Waals surface area (Å²) >= 11 is 9.52. The van der Waals surface area contributed by atoms with Crippen LogP contribution in [-0.2, 0) is 32.6 Å². The monoisotopic (exact) mass is 697 g/mol. The molecule has 230 valence electrons. The molecule has 0 spiro atoms. The number of rotatable bonds is 13. The minimum absolute atomic E-state index is 0.0331. The summed E-state index contributed by atoms with van der Waals surface area (Å²) in [5.74, 6) is -0.364. The number of halogens is 2. The van der Waals surface area contributed by atoms with Crippen molar-refractivity contribution in [2.75, 3.05) is 24.5 Å². The van der Waals surface area contributed by atoms with Crippen LogP contribution in [0.3, 0.4) is 0 Å². The van der Waals surface area contributed by atoms with Gasteiger partial charge in [-0.25, -0.2) is 8.42 Å². The van der Waals surface area contributed by atoms with E-state index < -0.39 is 28.5 Å². The number of benzene rings is 4. The molecular weight excluding hydrogens is 666 g/mol. The molecule has 0 saturated carbocycles. The van der Waals surface area contributed by atoms with E-state index in [1.54, 1.807) is 24.3 Å². The highest BCUT2D eigenvalue weighted by Crippen LogP contribution is 2.28. The number of hydrogen-bond donors (Lipinski definition) is 1. The number of carbonyl (C=O) groups excluding carboxylic acids is 2. The van der Waals surface area contributed by atoms with Gasteiger partial charge in [-0.3, -0.25) is 13.9 Å². The fourth-order valence-electron chi connectivity index (χ4n) is 4.69. The first-order valence-electron chi connectivity index (χ1n) is 13.9. The van der Waals surface area contributed by atoms with Gasteiger partial charge in [-0.1, -0.05) is 70.0 Å². The lowest BCUT2D eigenvalue weighted by molar-refractivity contribution is -0.139. The number of nitrogens with zero attached hydrogens (tertiary/aromatic N) is 2. The number of anilines is 1. The average Bonchev–Trinajstić information content (AvgIpc) is 3.02. The van der Waals surface area contributed by atoms with E-state index in [1.807, 2.05) is 61.5 Å².